The number of aromatic nitrogens is 2. The third kappa shape index (κ3) is 3.63. The zero-order valence-electron chi connectivity index (χ0n) is 17.1. The SMILES string of the molecule is CNC(=O)c1ccc(-c2cc3c(NC)c(C(=O)NC4CC4)cnc3cc2OC)cn1. The van der Waals surface area contributed by atoms with E-state index < -0.39 is 0 Å². The Labute approximate surface area is 174 Å². The minimum absolute atomic E-state index is 0.134. The number of fused-ring (bicyclic) bond motifs is 1. The molecule has 4 rings (SSSR count). The van der Waals surface area contributed by atoms with Crippen LogP contribution in [0.2, 0.25) is 0 Å². The first-order valence-electron chi connectivity index (χ1n) is 9.73. The number of rotatable bonds is 6. The standard InChI is InChI=1S/C22H23N5O3/c1-23-20-15-8-14(12-4-7-17(25-10-12)22(29)24-2)19(30-3)9-18(15)26-11-16(20)21(28)27-13-5-6-13/h4,7-11,13H,5-6H2,1-3H3,(H,23,26)(H,24,29)(H,27,28). The number of pyridine rings is 2. The van der Waals surface area contributed by atoms with E-state index in [1.807, 2.05) is 18.2 Å². The van der Waals surface area contributed by atoms with Gasteiger partial charge in [-0.25, -0.2) is 0 Å². The van der Waals surface area contributed by atoms with E-state index in [0.717, 1.165) is 29.4 Å². The van der Waals surface area contributed by atoms with Crippen molar-refractivity contribution in [2.45, 2.75) is 18.9 Å². The molecule has 2 amide bonds. The molecule has 8 heteroatoms. The predicted octanol–water partition coefficient (Wildman–Crippen LogP) is 2.60. The van der Waals surface area contributed by atoms with Crippen LogP contribution in [0.3, 0.4) is 0 Å². The molecule has 3 aromatic rings. The summed E-state index contributed by atoms with van der Waals surface area (Å²) < 4.78 is 5.57. The Hall–Kier alpha value is -3.68. The van der Waals surface area contributed by atoms with E-state index in [-0.39, 0.29) is 17.9 Å². The molecule has 0 saturated heterocycles. The Bertz CT molecular complexity index is 1120. The minimum Gasteiger partial charge on any atom is -0.496 e. The summed E-state index contributed by atoms with van der Waals surface area (Å²) in [5, 5.41) is 9.51. The van der Waals surface area contributed by atoms with Crippen molar-refractivity contribution in [3.05, 3.63) is 47.9 Å². The normalized spacial score (nSPS) is 13.0. The van der Waals surface area contributed by atoms with Gasteiger partial charge in [0, 0.05) is 55.1 Å². The Morgan fingerprint density at radius 1 is 1.07 bits per heavy atom. The highest BCUT2D eigenvalue weighted by atomic mass is 16.5. The number of carbonyl (C=O) groups excluding carboxylic acids is 2. The van der Waals surface area contributed by atoms with Crippen LogP contribution in [0, 0.1) is 0 Å². The van der Waals surface area contributed by atoms with E-state index >= 15 is 0 Å². The fourth-order valence-corrected chi connectivity index (χ4v) is 3.36. The van der Waals surface area contributed by atoms with Crippen LogP contribution in [0.5, 0.6) is 5.75 Å². The van der Waals surface area contributed by atoms with E-state index in [1.165, 1.54) is 0 Å². The molecule has 0 aliphatic heterocycles. The molecule has 0 spiro atoms. The first-order valence-corrected chi connectivity index (χ1v) is 9.73. The van der Waals surface area contributed by atoms with Crippen molar-refractivity contribution in [2.24, 2.45) is 0 Å². The number of nitrogens with zero attached hydrogens (tertiary/aromatic N) is 2. The molecule has 1 aliphatic rings. The van der Waals surface area contributed by atoms with Gasteiger partial charge in [0.2, 0.25) is 0 Å². The molecular formula is C22H23N5O3. The summed E-state index contributed by atoms with van der Waals surface area (Å²) in [5.74, 6) is 0.243. The lowest BCUT2D eigenvalue weighted by atomic mass is 10.0. The summed E-state index contributed by atoms with van der Waals surface area (Å²) >= 11 is 0. The molecule has 0 bridgehead atoms. The molecule has 3 N–H and O–H groups in total. The number of carbonyl (C=O) groups is 2. The average molecular weight is 405 g/mol. The van der Waals surface area contributed by atoms with Crippen LogP contribution in [-0.4, -0.2) is 49.0 Å². The number of nitrogens with one attached hydrogen (secondary N) is 3. The van der Waals surface area contributed by atoms with Gasteiger partial charge >= 0.3 is 0 Å². The highest BCUT2D eigenvalue weighted by Crippen LogP contribution is 2.37. The van der Waals surface area contributed by atoms with E-state index in [2.05, 4.69) is 25.9 Å². The molecule has 0 radical (unpaired) electrons. The second-order valence-electron chi connectivity index (χ2n) is 7.13. The monoisotopic (exact) mass is 405 g/mol. The number of amides is 2. The molecule has 154 valence electrons. The van der Waals surface area contributed by atoms with Crippen molar-refractivity contribution in [2.75, 3.05) is 26.5 Å². The van der Waals surface area contributed by atoms with Crippen LogP contribution < -0.4 is 20.7 Å². The molecule has 0 unspecified atom stereocenters. The van der Waals surface area contributed by atoms with Gasteiger partial charge in [-0.1, -0.05) is 6.07 Å². The van der Waals surface area contributed by atoms with Crippen molar-refractivity contribution in [1.82, 2.24) is 20.6 Å². The van der Waals surface area contributed by atoms with E-state index in [0.29, 0.717) is 28.2 Å². The zero-order valence-corrected chi connectivity index (χ0v) is 17.1. The number of hydrogen-bond acceptors (Lipinski definition) is 6. The fraction of sp³-hybridized carbons (Fsp3) is 0.273. The van der Waals surface area contributed by atoms with Crippen molar-refractivity contribution in [1.29, 1.82) is 0 Å². The van der Waals surface area contributed by atoms with Gasteiger partial charge in [0.25, 0.3) is 11.8 Å². The van der Waals surface area contributed by atoms with Gasteiger partial charge in [-0.05, 0) is 25.0 Å². The van der Waals surface area contributed by atoms with Gasteiger partial charge in [0.15, 0.2) is 0 Å². The lowest BCUT2D eigenvalue weighted by Crippen LogP contribution is -2.26. The molecule has 1 fully saturated rings. The number of hydrogen-bond donors (Lipinski definition) is 3. The Balaban J connectivity index is 1.82. The van der Waals surface area contributed by atoms with Crippen molar-refractivity contribution >= 4 is 28.4 Å². The van der Waals surface area contributed by atoms with Crippen molar-refractivity contribution in [3.63, 3.8) is 0 Å². The number of benzene rings is 1. The smallest absolute Gasteiger partial charge is 0.269 e. The van der Waals surface area contributed by atoms with Gasteiger partial charge < -0.3 is 20.7 Å². The molecule has 1 aromatic carbocycles. The van der Waals surface area contributed by atoms with Crippen LogP contribution in [0.15, 0.2) is 36.7 Å². The van der Waals surface area contributed by atoms with Crippen LogP contribution in [0.1, 0.15) is 33.7 Å². The first-order chi connectivity index (χ1) is 14.5. The van der Waals surface area contributed by atoms with E-state index in [4.69, 9.17) is 4.74 Å². The lowest BCUT2D eigenvalue weighted by Gasteiger charge is -2.15. The van der Waals surface area contributed by atoms with Crippen LogP contribution >= 0.6 is 0 Å². The first kappa shape index (κ1) is 19.6. The third-order valence-electron chi connectivity index (χ3n) is 5.13. The number of methoxy groups -OCH3 is 1. The summed E-state index contributed by atoms with van der Waals surface area (Å²) in [5.41, 5.74) is 3.82. The average Bonchev–Trinajstić information content (AvgIpc) is 3.60. The Morgan fingerprint density at radius 3 is 2.47 bits per heavy atom. The number of anilines is 1. The molecule has 30 heavy (non-hydrogen) atoms. The predicted molar refractivity (Wildman–Crippen MR) is 115 cm³/mol. The van der Waals surface area contributed by atoms with Crippen molar-refractivity contribution < 1.29 is 14.3 Å². The maximum absolute atomic E-state index is 12.7. The summed E-state index contributed by atoms with van der Waals surface area (Å²) in [6.45, 7) is 0. The zero-order chi connectivity index (χ0) is 21.3. The highest BCUT2D eigenvalue weighted by molar-refractivity contribution is 6.08. The maximum atomic E-state index is 12.7. The topological polar surface area (TPSA) is 105 Å². The van der Waals surface area contributed by atoms with E-state index in [1.54, 1.807) is 39.7 Å². The Kier molecular flexibility index (Phi) is 5.22. The van der Waals surface area contributed by atoms with Gasteiger partial charge in [-0.15, -0.1) is 0 Å². The van der Waals surface area contributed by atoms with Gasteiger partial charge in [0.1, 0.15) is 11.4 Å². The van der Waals surface area contributed by atoms with Gasteiger partial charge in [0.05, 0.1) is 23.9 Å². The van der Waals surface area contributed by atoms with Gasteiger partial charge in [-0.3, -0.25) is 19.6 Å². The third-order valence-corrected chi connectivity index (χ3v) is 5.13. The van der Waals surface area contributed by atoms with Crippen LogP contribution in [-0.2, 0) is 0 Å². The summed E-state index contributed by atoms with van der Waals surface area (Å²) in [6.07, 6.45) is 5.25. The molecule has 2 aromatic heterocycles. The minimum atomic E-state index is -0.250. The Morgan fingerprint density at radius 2 is 1.87 bits per heavy atom. The quantitative estimate of drug-likeness (QED) is 0.582. The van der Waals surface area contributed by atoms with Crippen LogP contribution in [0.4, 0.5) is 5.69 Å². The fourth-order valence-electron chi connectivity index (χ4n) is 3.36. The molecular weight excluding hydrogens is 382 g/mol. The molecule has 2 heterocycles. The maximum Gasteiger partial charge on any atom is 0.269 e. The summed E-state index contributed by atoms with van der Waals surface area (Å²) in [4.78, 5) is 33.2. The number of ether oxygens (including phenoxy) is 1. The van der Waals surface area contributed by atoms with Crippen molar-refractivity contribution in [3.8, 4) is 16.9 Å². The summed E-state index contributed by atoms with van der Waals surface area (Å²) in [6, 6.07) is 7.50. The largest absolute Gasteiger partial charge is 0.496 e. The van der Waals surface area contributed by atoms with E-state index in [9.17, 15) is 9.59 Å². The second-order valence-corrected chi connectivity index (χ2v) is 7.13. The molecule has 0 atom stereocenters. The molecule has 1 aliphatic carbocycles. The molecule has 8 nitrogen and oxygen atoms in total. The molecule has 1 saturated carbocycles. The highest BCUT2D eigenvalue weighted by Gasteiger charge is 2.26. The second kappa shape index (κ2) is 7.98. The lowest BCUT2D eigenvalue weighted by molar-refractivity contribution is 0.0946. The van der Waals surface area contributed by atoms with Crippen LogP contribution in [0.25, 0.3) is 22.0 Å². The van der Waals surface area contributed by atoms with Gasteiger partial charge in [-0.2, -0.15) is 0 Å². The summed E-state index contributed by atoms with van der Waals surface area (Å²) in [7, 11) is 4.94.